The largest absolute Gasteiger partial charge is 0.314 e. The van der Waals surface area contributed by atoms with E-state index in [1.54, 1.807) is 11.1 Å². The fourth-order valence-corrected chi connectivity index (χ4v) is 3.84. The Labute approximate surface area is 112 Å². The van der Waals surface area contributed by atoms with Gasteiger partial charge in [0.15, 0.2) is 0 Å². The van der Waals surface area contributed by atoms with Gasteiger partial charge in [0.2, 0.25) is 0 Å². The molecule has 92 valence electrons. The van der Waals surface area contributed by atoms with Gasteiger partial charge in [0.1, 0.15) is 0 Å². The smallest absolute Gasteiger partial charge is 0.0178 e. The van der Waals surface area contributed by atoms with Crippen molar-refractivity contribution in [1.82, 2.24) is 5.32 Å². The van der Waals surface area contributed by atoms with E-state index in [9.17, 15) is 0 Å². The molecule has 2 unspecified atom stereocenters. The van der Waals surface area contributed by atoms with Crippen LogP contribution in [0.4, 0.5) is 0 Å². The van der Waals surface area contributed by atoms with Crippen LogP contribution in [0.25, 0.3) is 0 Å². The summed E-state index contributed by atoms with van der Waals surface area (Å²) in [7, 11) is 0. The van der Waals surface area contributed by atoms with Crippen LogP contribution in [0.2, 0.25) is 0 Å². The molecule has 1 aliphatic carbocycles. The summed E-state index contributed by atoms with van der Waals surface area (Å²) in [4.78, 5) is 0. The number of halogens is 1. The first kappa shape index (κ1) is 11.7. The molecule has 17 heavy (non-hydrogen) atoms. The summed E-state index contributed by atoms with van der Waals surface area (Å²) in [5, 5.41) is 3.64. The highest BCUT2D eigenvalue weighted by Gasteiger charge is 2.24. The van der Waals surface area contributed by atoms with Crippen molar-refractivity contribution in [2.45, 2.75) is 50.5 Å². The topological polar surface area (TPSA) is 12.0 Å². The number of aryl methyl sites for hydroxylation is 1. The average Bonchev–Trinajstić information content (AvgIpc) is 2.82. The van der Waals surface area contributed by atoms with E-state index >= 15 is 0 Å². The summed E-state index contributed by atoms with van der Waals surface area (Å²) in [6, 6.07) is 7.65. The Morgan fingerprint density at radius 1 is 1.24 bits per heavy atom. The van der Waals surface area contributed by atoms with Crippen LogP contribution in [0, 0.1) is 0 Å². The summed E-state index contributed by atoms with van der Waals surface area (Å²) >= 11 is 3.59. The molecule has 1 fully saturated rings. The Kier molecular flexibility index (Phi) is 3.53. The van der Waals surface area contributed by atoms with Crippen molar-refractivity contribution in [2.24, 2.45) is 0 Å². The van der Waals surface area contributed by atoms with Crippen LogP contribution < -0.4 is 5.32 Å². The van der Waals surface area contributed by atoms with E-state index in [-0.39, 0.29) is 0 Å². The molecule has 2 atom stereocenters. The molecule has 2 aliphatic rings. The third-order valence-corrected chi connectivity index (χ3v) is 4.77. The minimum atomic E-state index is 0.773. The van der Waals surface area contributed by atoms with Gasteiger partial charge in [-0.1, -0.05) is 22.0 Å². The lowest BCUT2D eigenvalue weighted by atomic mass is 9.79. The van der Waals surface area contributed by atoms with E-state index < -0.39 is 0 Å². The molecule has 1 nitrogen and oxygen atoms in total. The van der Waals surface area contributed by atoms with Gasteiger partial charge in [-0.3, -0.25) is 0 Å². The van der Waals surface area contributed by atoms with Crippen molar-refractivity contribution in [2.75, 3.05) is 6.54 Å². The molecule has 0 radical (unpaired) electrons. The molecule has 0 spiro atoms. The number of rotatable bonds is 2. The molecule has 1 saturated heterocycles. The van der Waals surface area contributed by atoms with Gasteiger partial charge in [-0.05, 0) is 74.2 Å². The molecule has 0 aromatic heterocycles. The van der Waals surface area contributed by atoms with Crippen LogP contribution in [0.15, 0.2) is 22.7 Å². The predicted molar refractivity (Wildman–Crippen MR) is 75.5 cm³/mol. The van der Waals surface area contributed by atoms with Gasteiger partial charge in [-0.2, -0.15) is 0 Å². The second kappa shape index (κ2) is 5.11. The zero-order valence-corrected chi connectivity index (χ0v) is 11.8. The maximum absolute atomic E-state index is 3.64. The first-order chi connectivity index (χ1) is 8.33. The quantitative estimate of drug-likeness (QED) is 0.869. The minimum absolute atomic E-state index is 0.773. The van der Waals surface area contributed by atoms with E-state index in [2.05, 4.69) is 39.4 Å². The molecule has 2 heteroatoms. The standard InChI is InChI=1S/C15H20BrN/c16-13-6-7-15-11(9-13)3-1-4-12(15)10-14-5-2-8-17-14/h6-7,9,12,14,17H,1-5,8,10H2. The third kappa shape index (κ3) is 2.58. The Morgan fingerprint density at radius 3 is 3.00 bits per heavy atom. The average molecular weight is 294 g/mol. The van der Waals surface area contributed by atoms with E-state index in [1.165, 1.54) is 49.5 Å². The van der Waals surface area contributed by atoms with Gasteiger partial charge in [0, 0.05) is 10.5 Å². The van der Waals surface area contributed by atoms with Crippen molar-refractivity contribution >= 4 is 15.9 Å². The molecule has 1 N–H and O–H groups in total. The van der Waals surface area contributed by atoms with Gasteiger partial charge in [0.05, 0.1) is 0 Å². The molecular formula is C15H20BrN. The third-order valence-electron chi connectivity index (χ3n) is 4.27. The summed E-state index contributed by atoms with van der Waals surface area (Å²) < 4.78 is 1.23. The lowest BCUT2D eigenvalue weighted by Gasteiger charge is -2.28. The van der Waals surface area contributed by atoms with E-state index in [0.29, 0.717) is 0 Å². The molecule has 0 bridgehead atoms. The maximum atomic E-state index is 3.64. The number of hydrogen-bond donors (Lipinski definition) is 1. The van der Waals surface area contributed by atoms with E-state index in [4.69, 9.17) is 0 Å². The van der Waals surface area contributed by atoms with Gasteiger partial charge in [-0.25, -0.2) is 0 Å². The summed E-state index contributed by atoms with van der Waals surface area (Å²) in [5.74, 6) is 0.794. The SMILES string of the molecule is Brc1ccc2c(c1)CCCC2CC1CCCN1. The Balaban J connectivity index is 1.78. The number of hydrogen-bond acceptors (Lipinski definition) is 1. The molecule has 1 aromatic rings. The lowest BCUT2D eigenvalue weighted by Crippen LogP contribution is -2.25. The van der Waals surface area contributed by atoms with Crippen molar-refractivity contribution in [3.05, 3.63) is 33.8 Å². The van der Waals surface area contributed by atoms with Gasteiger partial charge in [0.25, 0.3) is 0 Å². The van der Waals surface area contributed by atoms with Crippen molar-refractivity contribution in [3.8, 4) is 0 Å². The summed E-state index contributed by atoms with van der Waals surface area (Å²) in [6.45, 7) is 1.23. The predicted octanol–water partition coefficient (Wildman–Crippen LogP) is 4.01. The number of fused-ring (bicyclic) bond motifs is 1. The summed E-state index contributed by atoms with van der Waals surface area (Å²) in [6.07, 6.45) is 8.10. The fraction of sp³-hybridized carbons (Fsp3) is 0.600. The molecule has 1 aliphatic heterocycles. The highest BCUT2D eigenvalue weighted by Crippen LogP contribution is 2.36. The van der Waals surface area contributed by atoms with Crippen LogP contribution in [0.1, 0.15) is 49.1 Å². The maximum Gasteiger partial charge on any atom is 0.0178 e. The highest BCUT2D eigenvalue weighted by atomic mass is 79.9. The molecule has 1 heterocycles. The van der Waals surface area contributed by atoms with E-state index in [1.807, 2.05) is 0 Å². The molecule has 3 rings (SSSR count). The monoisotopic (exact) mass is 293 g/mol. The Hall–Kier alpha value is -0.340. The molecular weight excluding hydrogens is 274 g/mol. The normalized spacial score (nSPS) is 28.1. The van der Waals surface area contributed by atoms with Crippen LogP contribution in [-0.2, 0) is 6.42 Å². The van der Waals surface area contributed by atoms with Crippen molar-refractivity contribution < 1.29 is 0 Å². The molecule has 0 amide bonds. The minimum Gasteiger partial charge on any atom is -0.314 e. The molecule has 0 saturated carbocycles. The lowest BCUT2D eigenvalue weighted by molar-refractivity contribution is 0.445. The Bertz CT molecular complexity index is 396. The number of benzene rings is 1. The highest BCUT2D eigenvalue weighted by molar-refractivity contribution is 9.10. The Morgan fingerprint density at radius 2 is 2.18 bits per heavy atom. The van der Waals surface area contributed by atoms with Gasteiger partial charge >= 0.3 is 0 Å². The van der Waals surface area contributed by atoms with Crippen molar-refractivity contribution in [3.63, 3.8) is 0 Å². The van der Waals surface area contributed by atoms with Crippen LogP contribution in [-0.4, -0.2) is 12.6 Å². The van der Waals surface area contributed by atoms with E-state index in [0.717, 1.165) is 12.0 Å². The van der Waals surface area contributed by atoms with Crippen LogP contribution in [0.3, 0.4) is 0 Å². The second-order valence-corrected chi connectivity index (χ2v) is 6.38. The first-order valence-corrected chi connectivity index (χ1v) is 7.64. The first-order valence-electron chi connectivity index (χ1n) is 6.84. The van der Waals surface area contributed by atoms with Gasteiger partial charge in [-0.15, -0.1) is 0 Å². The van der Waals surface area contributed by atoms with Crippen LogP contribution in [0.5, 0.6) is 0 Å². The van der Waals surface area contributed by atoms with Gasteiger partial charge < -0.3 is 5.32 Å². The zero-order valence-electron chi connectivity index (χ0n) is 10.2. The molecule has 1 aromatic carbocycles. The van der Waals surface area contributed by atoms with Crippen LogP contribution >= 0.6 is 15.9 Å². The van der Waals surface area contributed by atoms with Crippen molar-refractivity contribution in [1.29, 1.82) is 0 Å². The number of nitrogens with one attached hydrogen (secondary N) is 1. The summed E-state index contributed by atoms with van der Waals surface area (Å²) in [5.41, 5.74) is 3.20. The second-order valence-electron chi connectivity index (χ2n) is 5.46. The zero-order chi connectivity index (χ0) is 11.7. The fourth-order valence-electron chi connectivity index (χ4n) is 3.43.